The van der Waals surface area contributed by atoms with E-state index in [2.05, 4.69) is 4.90 Å². The zero-order chi connectivity index (χ0) is 10.7. The van der Waals surface area contributed by atoms with Crippen molar-refractivity contribution in [2.75, 3.05) is 26.2 Å². The number of hydroxylamine groups is 2. The first-order chi connectivity index (χ1) is 7.25. The number of hydrogen-bond donors (Lipinski definition) is 1. The Bertz CT molecular complexity index is 225. The molecule has 2 aliphatic rings. The van der Waals surface area contributed by atoms with E-state index in [4.69, 9.17) is 9.52 Å². The van der Waals surface area contributed by atoms with Crippen LogP contribution in [0.3, 0.4) is 0 Å². The van der Waals surface area contributed by atoms with Crippen LogP contribution in [0.15, 0.2) is 0 Å². The van der Waals surface area contributed by atoms with Gasteiger partial charge in [0, 0.05) is 23.7 Å². The van der Waals surface area contributed by atoms with Crippen LogP contribution in [0, 0.1) is 0 Å². The molecule has 0 bridgehead atoms. The van der Waals surface area contributed by atoms with Gasteiger partial charge in [-0.2, -0.15) is 0 Å². The zero-order valence-corrected chi connectivity index (χ0v) is 9.73. The highest BCUT2D eigenvalue weighted by molar-refractivity contribution is 7.32. The third-order valence-electron chi connectivity index (χ3n) is 3.27. The van der Waals surface area contributed by atoms with Gasteiger partial charge < -0.3 is 4.90 Å². The minimum Gasteiger partial charge on any atom is -0.300 e. The zero-order valence-electron chi connectivity index (χ0n) is 8.84. The molecule has 15 heavy (non-hydrogen) atoms. The second-order valence-corrected chi connectivity index (χ2v) is 4.86. The molecule has 1 atom stereocenters. The maximum Gasteiger partial charge on any atom is 0.713 e. The van der Waals surface area contributed by atoms with Gasteiger partial charge in [-0.05, 0) is 43.4 Å². The Morgan fingerprint density at radius 3 is 2.27 bits per heavy atom. The summed E-state index contributed by atoms with van der Waals surface area (Å²) in [5, 5.41) is 1.62. The maximum atomic E-state index is 10.5. The monoisotopic (exact) mass is 233 g/mol. The molecule has 0 saturated carbocycles. The van der Waals surface area contributed by atoms with Crippen LogP contribution in [0.5, 0.6) is 0 Å². The van der Waals surface area contributed by atoms with Gasteiger partial charge in [0.25, 0.3) is 0 Å². The van der Waals surface area contributed by atoms with Crippen molar-refractivity contribution in [1.82, 2.24) is 9.96 Å². The molecule has 0 aromatic rings. The van der Waals surface area contributed by atoms with Crippen molar-refractivity contribution in [1.29, 1.82) is 0 Å². The molecular weight excluding hydrogens is 215 g/mol. The average molecular weight is 233 g/mol. The molecule has 1 unspecified atom stereocenters. The quantitative estimate of drug-likeness (QED) is 0.740. The summed E-state index contributed by atoms with van der Waals surface area (Å²) in [6.07, 6.45) is 4.73. The number of piperidine rings is 1. The summed E-state index contributed by atoms with van der Waals surface area (Å²) < 4.78 is 15.3. The first-order valence-electron chi connectivity index (χ1n) is 5.59. The summed E-state index contributed by atoms with van der Waals surface area (Å²) in [5.41, 5.74) is 0. The Morgan fingerprint density at radius 2 is 1.73 bits per heavy atom. The van der Waals surface area contributed by atoms with Crippen molar-refractivity contribution in [3.8, 4) is 0 Å². The Kier molecular flexibility index (Phi) is 4.05. The molecular formula is C9H18N2O3P+. The lowest BCUT2D eigenvalue weighted by atomic mass is 10.1. The standard InChI is InChI=1S/C9H17N2O3P/c12-15(13)14-11-7-3-9(4-8-11)10-5-1-2-6-10/h9H,1-8H2/p+1. The fraction of sp³-hybridized carbons (Fsp3) is 1.00. The minimum absolute atomic E-state index is 0.656. The fourth-order valence-corrected chi connectivity index (χ4v) is 2.86. The topological polar surface area (TPSA) is 53.0 Å². The highest BCUT2D eigenvalue weighted by Gasteiger charge is 2.30. The number of rotatable bonds is 3. The summed E-state index contributed by atoms with van der Waals surface area (Å²) in [7, 11) is -2.49. The predicted octanol–water partition coefficient (Wildman–Crippen LogP) is 1.13. The first-order valence-corrected chi connectivity index (χ1v) is 6.72. The average Bonchev–Trinajstić information content (AvgIpc) is 2.71. The lowest BCUT2D eigenvalue weighted by Crippen LogP contribution is -2.43. The van der Waals surface area contributed by atoms with E-state index in [-0.39, 0.29) is 0 Å². The SMILES string of the molecule is O=[P+](O)ON1CCC(N2CCCC2)CC1. The van der Waals surface area contributed by atoms with E-state index in [1.165, 1.54) is 25.9 Å². The van der Waals surface area contributed by atoms with Gasteiger partial charge in [-0.15, -0.1) is 9.96 Å². The molecule has 0 aromatic heterocycles. The van der Waals surface area contributed by atoms with Crippen LogP contribution in [-0.4, -0.2) is 47.1 Å². The van der Waals surface area contributed by atoms with Crippen LogP contribution >= 0.6 is 8.25 Å². The van der Waals surface area contributed by atoms with E-state index in [1.54, 1.807) is 5.06 Å². The summed E-state index contributed by atoms with van der Waals surface area (Å²) in [6.45, 7) is 3.98. The van der Waals surface area contributed by atoms with E-state index < -0.39 is 8.25 Å². The van der Waals surface area contributed by atoms with Crippen LogP contribution in [0.4, 0.5) is 0 Å². The summed E-state index contributed by atoms with van der Waals surface area (Å²) in [6, 6.07) is 0.656. The first kappa shape index (κ1) is 11.4. The molecule has 0 aromatic carbocycles. The Balaban J connectivity index is 1.73. The van der Waals surface area contributed by atoms with Gasteiger partial charge in [0.15, 0.2) is 0 Å². The Hall–Kier alpha value is -0.0600. The molecule has 2 rings (SSSR count). The lowest BCUT2D eigenvalue weighted by Gasteiger charge is -2.33. The van der Waals surface area contributed by atoms with Gasteiger partial charge in [0.05, 0.1) is 0 Å². The second kappa shape index (κ2) is 5.32. The normalized spacial score (nSPS) is 27.1. The van der Waals surface area contributed by atoms with Gasteiger partial charge in [0.2, 0.25) is 0 Å². The molecule has 2 heterocycles. The van der Waals surface area contributed by atoms with Gasteiger partial charge >= 0.3 is 8.25 Å². The number of likely N-dealkylation sites (tertiary alicyclic amines) is 1. The van der Waals surface area contributed by atoms with Crippen LogP contribution in [0.2, 0.25) is 0 Å². The molecule has 0 radical (unpaired) electrons. The minimum atomic E-state index is -2.49. The summed E-state index contributed by atoms with van der Waals surface area (Å²) in [4.78, 5) is 11.2. The van der Waals surface area contributed by atoms with Crippen LogP contribution in [0.1, 0.15) is 25.7 Å². The van der Waals surface area contributed by atoms with Crippen molar-refractivity contribution in [2.24, 2.45) is 0 Å². The Morgan fingerprint density at radius 1 is 1.13 bits per heavy atom. The van der Waals surface area contributed by atoms with Crippen molar-refractivity contribution in [3.63, 3.8) is 0 Å². The van der Waals surface area contributed by atoms with Crippen molar-refractivity contribution in [2.45, 2.75) is 31.7 Å². The molecule has 1 N–H and O–H groups in total. The van der Waals surface area contributed by atoms with Gasteiger partial charge in [0.1, 0.15) is 0 Å². The molecule has 0 amide bonds. The maximum absolute atomic E-state index is 10.5. The molecule has 5 nitrogen and oxygen atoms in total. The van der Waals surface area contributed by atoms with Gasteiger partial charge in [-0.25, -0.2) is 0 Å². The number of hydrogen-bond acceptors (Lipinski definition) is 4. The summed E-state index contributed by atoms with van der Waals surface area (Å²) in [5.74, 6) is 0. The Labute approximate surface area is 90.9 Å². The van der Waals surface area contributed by atoms with E-state index in [1.807, 2.05) is 0 Å². The second-order valence-electron chi connectivity index (χ2n) is 4.22. The smallest absolute Gasteiger partial charge is 0.300 e. The molecule has 2 aliphatic heterocycles. The third kappa shape index (κ3) is 3.20. The largest absolute Gasteiger partial charge is 0.713 e. The van der Waals surface area contributed by atoms with Crippen LogP contribution in [0.25, 0.3) is 0 Å². The van der Waals surface area contributed by atoms with Crippen molar-refractivity contribution < 1.29 is 14.1 Å². The van der Waals surface area contributed by atoms with Gasteiger partial charge in [-0.1, -0.05) is 0 Å². The molecule has 2 fully saturated rings. The van der Waals surface area contributed by atoms with E-state index in [0.717, 1.165) is 25.9 Å². The van der Waals surface area contributed by atoms with Crippen molar-refractivity contribution >= 4 is 8.25 Å². The van der Waals surface area contributed by atoms with Crippen LogP contribution in [-0.2, 0) is 9.19 Å². The number of nitrogens with zero attached hydrogens (tertiary/aromatic N) is 2. The van der Waals surface area contributed by atoms with E-state index >= 15 is 0 Å². The van der Waals surface area contributed by atoms with Gasteiger partial charge in [-0.3, -0.25) is 0 Å². The highest BCUT2D eigenvalue weighted by atomic mass is 31.1. The molecule has 86 valence electrons. The molecule has 0 spiro atoms. The molecule has 6 heteroatoms. The van der Waals surface area contributed by atoms with E-state index in [9.17, 15) is 4.57 Å². The highest BCUT2D eigenvalue weighted by Crippen LogP contribution is 2.25. The lowest BCUT2D eigenvalue weighted by molar-refractivity contribution is -0.0865. The molecule has 0 aliphatic carbocycles. The fourth-order valence-electron chi connectivity index (χ4n) is 2.49. The summed E-state index contributed by atoms with van der Waals surface area (Å²) >= 11 is 0. The molecule has 2 saturated heterocycles. The van der Waals surface area contributed by atoms with Crippen LogP contribution < -0.4 is 0 Å². The van der Waals surface area contributed by atoms with E-state index in [0.29, 0.717) is 6.04 Å². The third-order valence-corrected chi connectivity index (χ3v) is 3.64. The van der Waals surface area contributed by atoms with Crippen molar-refractivity contribution in [3.05, 3.63) is 0 Å². The predicted molar refractivity (Wildman–Crippen MR) is 56.3 cm³/mol.